The highest BCUT2D eigenvalue weighted by atomic mass is 19.4. The monoisotopic (exact) mass is 517 g/mol. The summed E-state index contributed by atoms with van der Waals surface area (Å²) in [4.78, 5) is 33.7. The molecule has 194 valence electrons. The lowest BCUT2D eigenvalue weighted by Crippen LogP contribution is -2.48. The molecule has 1 saturated heterocycles. The lowest BCUT2D eigenvalue weighted by molar-refractivity contribution is -0.137. The second kappa shape index (κ2) is 9.78. The van der Waals surface area contributed by atoms with Crippen molar-refractivity contribution in [2.45, 2.75) is 24.7 Å². The quantitative estimate of drug-likeness (QED) is 0.450. The zero-order valence-corrected chi connectivity index (χ0v) is 19.3. The van der Waals surface area contributed by atoms with E-state index < -0.39 is 30.5 Å². The molecule has 2 aromatic heterocycles. The van der Waals surface area contributed by atoms with Crippen LogP contribution in [0.5, 0.6) is 6.01 Å². The Morgan fingerprint density at radius 1 is 1.24 bits per heavy atom. The van der Waals surface area contributed by atoms with E-state index in [1.807, 2.05) is 4.90 Å². The average Bonchev–Trinajstić information content (AvgIpc) is 3.31. The summed E-state index contributed by atoms with van der Waals surface area (Å²) in [5.74, 6) is 0.471. The Morgan fingerprint density at radius 2 is 2.08 bits per heavy atom. The van der Waals surface area contributed by atoms with Gasteiger partial charge < -0.3 is 19.8 Å². The van der Waals surface area contributed by atoms with Crippen molar-refractivity contribution < 1.29 is 32.9 Å². The first-order valence-corrected chi connectivity index (χ1v) is 11.4. The van der Waals surface area contributed by atoms with Crippen molar-refractivity contribution in [1.82, 2.24) is 19.9 Å². The van der Waals surface area contributed by atoms with Crippen LogP contribution in [0, 0.1) is 0 Å². The van der Waals surface area contributed by atoms with Gasteiger partial charge in [-0.05, 0) is 24.6 Å². The van der Waals surface area contributed by atoms with Crippen LogP contribution in [-0.2, 0) is 6.18 Å². The number of amides is 2. The lowest BCUT2D eigenvalue weighted by Gasteiger charge is -2.35. The number of ether oxygens (including phenoxy) is 1. The second-order valence-corrected chi connectivity index (χ2v) is 8.54. The number of carbonyl (C=O) groups is 1. The molecule has 3 aromatic rings. The summed E-state index contributed by atoms with van der Waals surface area (Å²) in [7, 11) is 0. The minimum Gasteiger partial charge on any atom is -0.461 e. The van der Waals surface area contributed by atoms with Crippen LogP contribution < -0.4 is 19.9 Å². The highest BCUT2D eigenvalue weighted by molar-refractivity contribution is 6.04. The molecule has 11 nitrogen and oxygen atoms in total. The normalized spacial score (nSPS) is 17.4. The third-order valence-corrected chi connectivity index (χ3v) is 6.00. The number of anilines is 3. The van der Waals surface area contributed by atoms with Crippen LogP contribution in [-0.4, -0.2) is 74.6 Å². The van der Waals surface area contributed by atoms with Crippen molar-refractivity contribution in [2.24, 2.45) is 0 Å². The highest BCUT2D eigenvalue weighted by Gasteiger charge is 2.41. The van der Waals surface area contributed by atoms with Gasteiger partial charge in [0, 0.05) is 24.8 Å². The van der Waals surface area contributed by atoms with Crippen LogP contribution in [0.25, 0.3) is 11.4 Å². The van der Waals surface area contributed by atoms with Gasteiger partial charge in [-0.1, -0.05) is 12.1 Å². The zero-order valence-electron chi connectivity index (χ0n) is 19.3. The summed E-state index contributed by atoms with van der Waals surface area (Å²) < 4.78 is 44.9. The number of rotatable bonds is 6. The topological polar surface area (TPSA) is 137 Å². The summed E-state index contributed by atoms with van der Waals surface area (Å²) in [6, 6.07) is 5.30. The van der Waals surface area contributed by atoms with E-state index in [0.29, 0.717) is 25.2 Å². The Kier molecular flexibility index (Phi) is 6.52. The van der Waals surface area contributed by atoms with E-state index in [1.165, 1.54) is 35.5 Å². The number of nitrogens with one attached hydrogen (secondary N) is 1. The number of nitrogens with zero attached hydrogens (tertiary/aromatic N) is 6. The van der Waals surface area contributed by atoms with Gasteiger partial charge in [0.15, 0.2) is 11.6 Å². The van der Waals surface area contributed by atoms with Gasteiger partial charge in [-0.15, -0.1) is 0 Å². The third kappa shape index (κ3) is 5.11. The van der Waals surface area contributed by atoms with Crippen molar-refractivity contribution in [3.05, 3.63) is 48.3 Å². The van der Waals surface area contributed by atoms with Gasteiger partial charge in [0.05, 0.1) is 30.1 Å². The Morgan fingerprint density at radius 3 is 2.86 bits per heavy atom. The molecule has 5 rings (SSSR count). The van der Waals surface area contributed by atoms with E-state index in [9.17, 15) is 23.1 Å². The summed E-state index contributed by atoms with van der Waals surface area (Å²) in [6.45, 7) is 0.504. The third-order valence-electron chi connectivity index (χ3n) is 6.00. The summed E-state index contributed by atoms with van der Waals surface area (Å²) in [6.07, 6.45) is -2.08. The summed E-state index contributed by atoms with van der Waals surface area (Å²) >= 11 is 0. The first kappa shape index (κ1) is 24.6. The van der Waals surface area contributed by atoms with Gasteiger partial charge in [0.2, 0.25) is 0 Å². The molecule has 2 aliphatic rings. The van der Waals surface area contributed by atoms with Crippen LogP contribution >= 0.6 is 0 Å². The molecule has 1 fully saturated rings. The number of fused-ring (bicyclic) bond motifs is 4. The summed E-state index contributed by atoms with van der Waals surface area (Å²) in [5.41, 5.74) is -0.0454. The molecule has 4 heterocycles. The predicted molar refractivity (Wildman–Crippen MR) is 125 cm³/mol. The Balaban J connectivity index is 1.42. The van der Waals surface area contributed by atoms with Gasteiger partial charge in [-0.25, -0.2) is 19.7 Å². The first-order chi connectivity index (χ1) is 17.7. The summed E-state index contributed by atoms with van der Waals surface area (Å²) in [5, 5.41) is 21.0. The number of aliphatic hydroxyl groups is 2. The number of aliphatic hydroxyl groups excluding tert-OH is 2. The second-order valence-electron chi connectivity index (χ2n) is 8.54. The van der Waals surface area contributed by atoms with Crippen molar-refractivity contribution in [3.63, 3.8) is 0 Å². The van der Waals surface area contributed by atoms with Crippen molar-refractivity contribution in [2.75, 3.05) is 41.4 Å². The maximum atomic E-state index is 13.4. The van der Waals surface area contributed by atoms with Gasteiger partial charge in [0.25, 0.3) is 0 Å². The van der Waals surface area contributed by atoms with Gasteiger partial charge in [0.1, 0.15) is 18.5 Å². The average molecular weight is 517 g/mol. The number of alkyl halides is 3. The number of hydrogen-bond acceptors (Lipinski definition) is 9. The van der Waals surface area contributed by atoms with Crippen LogP contribution in [0.1, 0.15) is 12.0 Å². The molecular weight excluding hydrogens is 495 g/mol. The van der Waals surface area contributed by atoms with E-state index in [-0.39, 0.29) is 41.7 Å². The van der Waals surface area contributed by atoms with Gasteiger partial charge >= 0.3 is 18.2 Å². The van der Waals surface area contributed by atoms with Crippen molar-refractivity contribution in [1.29, 1.82) is 0 Å². The Hall–Kier alpha value is -4.04. The van der Waals surface area contributed by atoms with E-state index in [2.05, 4.69) is 25.3 Å². The molecule has 0 saturated carbocycles. The Labute approximate surface area is 208 Å². The fraction of sp³-hybridized carbons (Fsp3) is 0.348. The molecule has 3 N–H and O–H groups in total. The number of carbonyl (C=O) groups excluding carboxylic acids is 1. The van der Waals surface area contributed by atoms with E-state index in [0.717, 1.165) is 12.1 Å². The van der Waals surface area contributed by atoms with Crippen LogP contribution in [0.2, 0.25) is 0 Å². The number of urea groups is 1. The number of aromatic nitrogens is 4. The molecule has 2 bridgehead atoms. The van der Waals surface area contributed by atoms with E-state index >= 15 is 0 Å². The fourth-order valence-corrected chi connectivity index (χ4v) is 4.22. The van der Waals surface area contributed by atoms with Gasteiger partial charge in [-0.2, -0.15) is 18.2 Å². The van der Waals surface area contributed by atoms with Crippen LogP contribution in [0.15, 0.2) is 42.7 Å². The lowest BCUT2D eigenvalue weighted by atomic mass is 10.1. The number of hydrogen-bond donors (Lipinski definition) is 3. The molecule has 37 heavy (non-hydrogen) atoms. The molecule has 0 aliphatic carbocycles. The maximum absolute atomic E-state index is 13.4. The minimum absolute atomic E-state index is 0.0605. The molecule has 1 unspecified atom stereocenters. The number of halogens is 3. The smallest absolute Gasteiger partial charge is 0.416 e. The standard InChI is InChI=1S/C23H22F3N7O4/c24-23(25,26)14-3-1-2-13(8-14)19-28-9-17-20(31-19)33(15-5-7-32(17)10-15)22(36)30-18-4-6-27-21(29-18)37-12-16(35)11-34/h1-4,6,8-9,15-16,34-35H,5,7,10-12H2,(H,27,29,30,36)/t15?,16-/m1/s1. The maximum Gasteiger partial charge on any atom is 0.416 e. The SMILES string of the molecule is O=C(Nc1ccnc(OC[C@H](O)CO)n1)N1c2nc(-c3cccc(C(F)(F)F)c3)ncc2N2CCC1C2. The first-order valence-electron chi connectivity index (χ1n) is 11.4. The molecule has 14 heteroatoms. The minimum atomic E-state index is -4.52. The molecule has 2 amide bonds. The zero-order chi connectivity index (χ0) is 26.2. The van der Waals surface area contributed by atoms with Gasteiger partial charge in [-0.3, -0.25) is 10.2 Å². The molecule has 2 atom stereocenters. The molecule has 1 aromatic carbocycles. The number of benzene rings is 1. The van der Waals surface area contributed by atoms with E-state index in [1.54, 1.807) is 0 Å². The van der Waals surface area contributed by atoms with E-state index in [4.69, 9.17) is 9.84 Å². The Bertz CT molecular complexity index is 1310. The fourth-order valence-electron chi connectivity index (χ4n) is 4.22. The molecule has 0 radical (unpaired) electrons. The molecular formula is C23H22F3N7O4. The largest absolute Gasteiger partial charge is 0.461 e. The molecule has 0 spiro atoms. The van der Waals surface area contributed by atoms with Crippen molar-refractivity contribution >= 4 is 23.4 Å². The highest BCUT2D eigenvalue weighted by Crippen LogP contribution is 2.40. The molecule has 2 aliphatic heterocycles. The van der Waals surface area contributed by atoms with Crippen LogP contribution in [0.4, 0.5) is 35.3 Å². The predicted octanol–water partition coefficient (Wildman–Crippen LogP) is 2.32. The van der Waals surface area contributed by atoms with Crippen molar-refractivity contribution in [3.8, 4) is 17.4 Å². The van der Waals surface area contributed by atoms with Crippen LogP contribution in [0.3, 0.4) is 0 Å².